The van der Waals surface area contributed by atoms with Crippen LogP contribution in [-0.2, 0) is 4.79 Å². The molecule has 0 aromatic heterocycles. The summed E-state index contributed by atoms with van der Waals surface area (Å²) in [7, 11) is 0. The fraction of sp³-hybridized carbons (Fsp3) is 0.750. The van der Waals surface area contributed by atoms with Crippen molar-refractivity contribution in [1.29, 1.82) is 0 Å². The highest BCUT2D eigenvalue weighted by atomic mass is 16.3. The normalized spacial score (nSPS) is 30.5. The zero-order chi connectivity index (χ0) is 17.5. The number of aliphatic hydroxyl groups excluding tert-OH is 2. The zero-order valence-electron chi connectivity index (χ0n) is 14.9. The standard InChI is InChI=1S/C20H33NO3/c1-2-3-4-7-16(22)9-10-17-18-12-14(6-5-8-20(21)24)11-15(18)13-19(17)23/h9-11,15-19,22-23H,2-8,12-13H2,1H3,(H2,21,24)/t15-,16-,17+,18-,19+/m0/s1. The molecule has 2 aliphatic carbocycles. The number of hydrogen-bond acceptors (Lipinski definition) is 3. The molecule has 0 aliphatic heterocycles. The quantitative estimate of drug-likeness (QED) is 0.424. The maximum atomic E-state index is 10.8. The predicted molar refractivity (Wildman–Crippen MR) is 96.1 cm³/mol. The van der Waals surface area contributed by atoms with Gasteiger partial charge in [0, 0.05) is 12.3 Å². The average Bonchev–Trinajstić information content (AvgIpc) is 3.02. The van der Waals surface area contributed by atoms with Gasteiger partial charge in [-0.15, -0.1) is 0 Å². The van der Waals surface area contributed by atoms with E-state index in [0.29, 0.717) is 18.3 Å². The van der Waals surface area contributed by atoms with E-state index in [0.717, 1.165) is 51.4 Å². The Morgan fingerprint density at radius 3 is 2.92 bits per heavy atom. The van der Waals surface area contributed by atoms with Crippen LogP contribution in [0.2, 0.25) is 0 Å². The fourth-order valence-electron chi connectivity index (χ4n) is 4.24. The van der Waals surface area contributed by atoms with Crippen molar-refractivity contribution in [2.45, 2.75) is 76.9 Å². The third-order valence-corrected chi connectivity index (χ3v) is 5.53. The molecule has 24 heavy (non-hydrogen) atoms. The molecule has 0 heterocycles. The summed E-state index contributed by atoms with van der Waals surface area (Å²) >= 11 is 0. The van der Waals surface area contributed by atoms with Crippen LogP contribution in [0.3, 0.4) is 0 Å². The third-order valence-electron chi connectivity index (χ3n) is 5.53. The van der Waals surface area contributed by atoms with Gasteiger partial charge in [-0.05, 0) is 43.9 Å². The number of nitrogens with two attached hydrogens (primary N) is 1. The Labute approximate surface area is 145 Å². The van der Waals surface area contributed by atoms with Gasteiger partial charge in [0.2, 0.25) is 5.91 Å². The van der Waals surface area contributed by atoms with Crippen molar-refractivity contribution in [1.82, 2.24) is 0 Å². The lowest BCUT2D eigenvalue weighted by atomic mass is 9.88. The number of carbonyl (C=O) groups is 1. The molecule has 2 rings (SSSR count). The number of carbonyl (C=O) groups excluding carboxylic acids is 1. The van der Waals surface area contributed by atoms with Gasteiger partial charge in [0.25, 0.3) is 0 Å². The Morgan fingerprint density at radius 2 is 2.21 bits per heavy atom. The van der Waals surface area contributed by atoms with Gasteiger partial charge in [0.05, 0.1) is 12.2 Å². The van der Waals surface area contributed by atoms with E-state index in [1.54, 1.807) is 0 Å². The molecule has 0 unspecified atom stereocenters. The highest BCUT2D eigenvalue weighted by Gasteiger charge is 2.43. The summed E-state index contributed by atoms with van der Waals surface area (Å²) in [5.74, 6) is 0.793. The van der Waals surface area contributed by atoms with E-state index in [1.165, 1.54) is 5.57 Å². The molecule has 0 radical (unpaired) electrons. The summed E-state index contributed by atoms with van der Waals surface area (Å²) < 4.78 is 0. The lowest BCUT2D eigenvalue weighted by Gasteiger charge is -2.19. The van der Waals surface area contributed by atoms with Crippen molar-refractivity contribution in [3.63, 3.8) is 0 Å². The molecule has 2 aliphatic rings. The van der Waals surface area contributed by atoms with Gasteiger partial charge in [-0.25, -0.2) is 0 Å². The third kappa shape index (κ3) is 5.45. The molecule has 4 heteroatoms. The molecule has 4 nitrogen and oxygen atoms in total. The van der Waals surface area contributed by atoms with E-state index in [9.17, 15) is 15.0 Å². The number of unbranched alkanes of at least 4 members (excludes halogenated alkanes) is 2. The molecule has 1 fully saturated rings. The van der Waals surface area contributed by atoms with Crippen molar-refractivity contribution in [3.05, 3.63) is 23.8 Å². The molecule has 0 spiro atoms. The first-order chi connectivity index (χ1) is 11.5. The van der Waals surface area contributed by atoms with E-state index >= 15 is 0 Å². The van der Waals surface area contributed by atoms with Gasteiger partial charge < -0.3 is 15.9 Å². The Balaban J connectivity index is 1.82. The van der Waals surface area contributed by atoms with Gasteiger partial charge in [0.1, 0.15) is 0 Å². The van der Waals surface area contributed by atoms with Crippen LogP contribution in [0.25, 0.3) is 0 Å². The van der Waals surface area contributed by atoms with Crippen LogP contribution < -0.4 is 5.73 Å². The molecule has 4 N–H and O–H groups in total. The average molecular weight is 335 g/mol. The van der Waals surface area contributed by atoms with Gasteiger partial charge >= 0.3 is 0 Å². The highest BCUT2D eigenvalue weighted by Crippen LogP contribution is 2.48. The topological polar surface area (TPSA) is 83.5 Å². The Morgan fingerprint density at radius 1 is 1.42 bits per heavy atom. The molecule has 5 atom stereocenters. The van der Waals surface area contributed by atoms with Gasteiger partial charge in [-0.2, -0.15) is 0 Å². The Hall–Kier alpha value is -1.13. The fourth-order valence-corrected chi connectivity index (χ4v) is 4.24. The number of rotatable bonds is 10. The molecule has 0 aromatic rings. The molecule has 136 valence electrons. The maximum absolute atomic E-state index is 10.8. The highest BCUT2D eigenvalue weighted by molar-refractivity contribution is 5.73. The van der Waals surface area contributed by atoms with Crippen LogP contribution in [0.15, 0.2) is 23.8 Å². The monoisotopic (exact) mass is 335 g/mol. The van der Waals surface area contributed by atoms with E-state index in [1.807, 2.05) is 12.2 Å². The number of hydrogen-bond donors (Lipinski definition) is 3. The van der Waals surface area contributed by atoms with Crippen molar-refractivity contribution >= 4 is 5.91 Å². The van der Waals surface area contributed by atoms with Gasteiger partial charge in [-0.1, -0.05) is 50.0 Å². The Bertz CT molecular complexity index is 472. The first-order valence-corrected chi connectivity index (χ1v) is 9.53. The summed E-state index contributed by atoms with van der Waals surface area (Å²) in [6.07, 6.45) is 13.7. The van der Waals surface area contributed by atoms with E-state index in [-0.39, 0.29) is 17.9 Å². The summed E-state index contributed by atoms with van der Waals surface area (Å²) in [6.45, 7) is 2.16. The maximum Gasteiger partial charge on any atom is 0.217 e. The number of aliphatic hydroxyl groups is 2. The van der Waals surface area contributed by atoms with Crippen molar-refractivity contribution in [3.8, 4) is 0 Å². The number of allylic oxidation sites excluding steroid dienone is 2. The van der Waals surface area contributed by atoms with Gasteiger partial charge in [-0.3, -0.25) is 4.79 Å². The van der Waals surface area contributed by atoms with Crippen LogP contribution in [-0.4, -0.2) is 28.3 Å². The molecule has 1 amide bonds. The molecular weight excluding hydrogens is 302 g/mol. The summed E-state index contributed by atoms with van der Waals surface area (Å²) in [6, 6.07) is 0. The first-order valence-electron chi connectivity index (χ1n) is 9.53. The minimum Gasteiger partial charge on any atom is -0.392 e. The largest absolute Gasteiger partial charge is 0.392 e. The second-order valence-corrected chi connectivity index (χ2v) is 7.51. The number of amides is 1. The van der Waals surface area contributed by atoms with E-state index < -0.39 is 6.10 Å². The molecule has 0 bridgehead atoms. The van der Waals surface area contributed by atoms with E-state index in [2.05, 4.69) is 13.0 Å². The summed E-state index contributed by atoms with van der Waals surface area (Å²) in [5, 5.41) is 20.4. The van der Waals surface area contributed by atoms with Crippen LogP contribution in [0.1, 0.15) is 64.7 Å². The SMILES string of the molecule is CCCCC[C@H](O)C=C[C@@H]1[C@H]2CC(CCCC(N)=O)=C[C@H]2C[C@H]1O. The first kappa shape index (κ1) is 19.2. The lowest BCUT2D eigenvalue weighted by molar-refractivity contribution is -0.118. The number of primary amides is 1. The number of fused-ring (bicyclic) bond motifs is 1. The van der Waals surface area contributed by atoms with Crippen molar-refractivity contribution in [2.24, 2.45) is 23.5 Å². The molecule has 0 saturated heterocycles. The minimum atomic E-state index is -0.396. The second-order valence-electron chi connectivity index (χ2n) is 7.51. The minimum absolute atomic E-state index is 0.140. The van der Waals surface area contributed by atoms with Crippen LogP contribution in [0, 0.1) is 17.8 Å². The summed E-state index contributed by atoms with van der Waals surface area (Å²) in [4.78, 5) is 10.8. The molecule has 0 aromatic carbocycles. The van der Waals surface area contributed by atoms with Crippen LogP contribution >= 0.6 is 0 Å². The van der Waals surface area contributed by atoms with Crippen LogP contribution in [0.4, 0.5) is 0 Å². The second kappa shape index (κ2) is 9.38. The predicted octanol–water partition coefficient (Wildman–Crippen LogP) is 3.08. The lowest BCUT2D eigenvalue weighted by Crippen LogP contribution is -2.18. The van der Waals surface area contributed by atoms with Crippen molar-refractivity contribution < 1.29 is 15.0 Å². The van der Waals surface area contributed by atoms with Crippen LogP contribution in [0.5, 0.6) is 0 Å². The Kier molecular flexibility index (Phi) is 7.50. The zero-order valence-corrected chi connectivity index (χ0v) is 14.9. The van der Waals surface area contributed by atoms with E-state index in [4.69, 9.17) is 5.73 Å². The van der Waals surface area contributed by atoms with Gasteiger partial charge in [0.15, 0.2) is 0 Å². The molecule has 1 saturated carbocycles. The molecular formula is C20H33NO3. The summed E-state index contributed by atoms with van der Waals surface area (Å²) in [5.41, 5.74) is 6.60. The smallest absolute Gasteiger partial charge is 0.217 e. The van der Waals surface area contributed by atoms with Crippen molar-refractivity contribution in [2.75, 3.05) is 0 Å².